The van der Waals surface area contributed by atoms with Crippen LogP contribution in [0.3, 0.4) is 0 Å². The molecule has 0 aliphatic rings. The normalized spacial score (nSPS) is 12.3. The first kappa shape index (κ1) is 15.7. The number of imidazole rings is 1. The van der Waals surface area contributed by atoms with Crippen LogP contribution in [0.4, 0.5) is 5.82 Å². The van der Waals surface area contributed by atoms with Crippen molar-refractivity contribution in [3.8, 4) is 0 Å². The maximum atomic E-state index is 12.3. The molecule has 2 heterocycles. The molecule has 0 unspecified atom stereocenters. The van der Waals surface area contributed by atoms with Crippen molar-refractivity contribution >= 4 is 21.5 Å². The van der Waals surface area contributed by atoms with E-state index in [1.807, 2.05) is 13.8 Å². The smallest absolute Gasteiger partial charge is 0.260 e. The highest BCUT2D eigenvalue weighted by atomic mass is 32.2. The molecule has 0 saturated heterocycles. The number of hydrogen-bond donors (Lipinski definition) is 2. The van der Waals surface area contributed by atoms with Gasteiger partial charge in [-0.25, -0.2) is 18.1 Å². The molecule has 0 aliphatic carbocycles. The molecular formula is C13H20N4O3S. The van der Waals surface area contributed by atoms with Crippen LogP contribution in [0.1, 0.15) is 13.8 Å². The van der Waals surface area contributed by atoms with Gasteiger partial charge in [0.2, 0.25) is 0 Å². The molecule has 21 heavy (non-hydrogen) atoms. The average Bonchev–Trinajstić information content (AvgIpc) is 2.74. The molecule has 0 bridgehead atoms. The molecule has 0 fully saturated rings. The fourth-order valence-corrected chi connectivity index (χ4v) is 3.12. The van der Waals surface area contributed by atoms with Crippen LogP contribution in [0.5, 0.6) is 0 Å². The molecule has 3 N–H and O–H groups in total. The van der Waals surface area contributed by atoms with Crippen LogP contribution in [0.25, 0.3) is 5.65 Å². The number of hydrogen-bond acceptors (Lipinski definition) is 5. The number of nitrogens with zero attached hydrogens (tertiary/aromatic N) is 2. The van der Waals surface area contributed by atoms with E-state index in [0.29, 0.717) is 24.8 Å². The summed E-state index contributed by atoms with van der Waals surface area (Å²) in [5.41, 5.74) is 6.22. The van der Waals surface area contributed by atoms with Gasteiger partial charge in [0.15, 0.2) is 10.8 Å². The summed E-state index contributed by atoms with van der Waals surface area (Å²) in [7, 11) is -3.73. The molecule has 8 heteroatoms. The van der Waals surface area contributed by atoms with Crippen molar-refractivity contribution in [2.45, 2.75) is 18.9 Å². The molecule has 0 aromatic carbocycles. The molecule has 7 nitrogen and oxygen atoms in total. The van der Waals surface area contributed by atoms with Gasteiger partial charge in [-0.05, 0) is 18.1 Å². The Balaban J connectivity index is 2.10. The lowest BCUT2D eigenvalue weighted by Gasteiger charge is -2.09. The number of anilines is 1. The van der Waals surface area contributed by atoms with Crippen LogP contribution in [-0.4, -0.2) is 37.6 Å². The second-order valence-corrected chi connectivity index (χ2v) is 6.78. The molecule has 0 radical (unpaired) electrons. The summed E-state index contributed by atoms with van der Waals surface area (Å²) >= 11 is 0. The Labute approximate surface area is 124 Å². The van der Waals surface area contributed by atoms with Crippen molar-refractivity contribution in [3.05, 3.63) is 24.4 Å². The second-order valence-electron chi connectivity index (χ2n) is 5.10. The predicted octanol–water partition coefficient (Wildman–Crippen LogP) is 0.867. The summed E-state index contributed by atoms with van der Waals surface area (Å²) in [5, 5.41) is -0.0399. The summed E-state index contributed by atoms with van der Waals surface area (Å²) in [6.45, 7) is 5.16. The topological polar surface area (TPSA) is 98.7 Å². The van der Waals surface area contributed by atoms with Gasteiger partial charge in [-0.2, -0.15) is 0 Å². The van der Waals surface area contributed by atoms with Crippen LogP contribution < -0.4 is 10.5 Å². The minimum absolute atomic E-state index is 0.0169. The third-order valence-electron chi connectivity index (χ3n) is 2.76. The third-order valence-corrected chi connectivity index (χ3v) is 4.25. The van der Waals surface area contributed by atoms with E-state index in [-0.39, 0.29) is 17.4 Å². The fraction of sp³-hybridized carbons (Fsp3) is 0.462. The number of nitrogens with two attached hydrogens (primary N) is 1. The van der Waals surface area contributed by atoms with E-state index in [4.69, 9.17) is 10.5 Å². The summed E-state index contributed by atoms with van der Waals surface area (Å²) in [6, 6.07) is 5.19. The summed E-state index contributed by atoms with van der Waals surface area (Å²) in [5.74, 6) is 0.396. The molecule has 0 amide bonds. The lowest BCUT2D eigenvalue weighted by atomic mass is 10.2. The Morgan fingerprint density at radius 3 is 2.90 bits per heavy atom. The summed E-state index contributed by atoms with van der Waals surface area (Å²) in [4.78, 5) is 4.04. The van der Waals surface area contributed by atoms with Crippen LogP contribution in [0.15, 0.2) is 29.4 Å². The number of sulfonamides is 1. The molecule has 0 spiro atoms. The quantitative estimate of drug-likeness (QED) is 0.739. The maximum Gasteiger partial charge on any atom is 0.260 e. The number of rotatable bonds is 7. The van der Waals surface area contributed by atoms with Gasteiger partial charge in [-0.1, -0.05) is 19.9 Å². The molecule has 0 aliphatic heterocycles. The lowest BCUT2D eigenvalue weighted by Crippen LogP contribution is -2.29. The molecule has 2 aromatic rings. The van der Waals surface area contributed by atoms with E-state index < -0.39 is 10.0 Å². The number of aromatic nitrogens is 2. The number of fused-ring (bicyclic) bond motifs is 1. The zero-order valence-electron chi connectivity index (χ0n) is 12.1. The summed E-state index contributed by atoms with van der Waals surface area (Å²) in [6.07, 6.45) is 1.61. The Morgan fingerprint density at radius 1 is 1.43 bits per heavy atom. The van der Waals surface area contributed by atoms with E-state index in [9.17, 15) is 8.42 Å². The van der Waals surface area contributed by atoms with E-state index in [2.05, 4.69) is 9.71 Å². The van der Waals surface area contributed by atoms with Crippen molar-refractivity contribution < 1.29 is 13.2 Å². The SMILES string of the molecule is CC(C)COCCNS(=O)(=O)c1c(N)nc2ccccn12. The van der Waals surface area contributed by atoms with E-state index >= 15 is 0 Å². The Kier molecular flexibility index (Phi) is 4.81. The second kappa shape index (κ2) is 6.42. The average molecular weight is 312 g/mol. The molecule has 2 rings (SSSR count). The molecule has 116 valence electrons. The molecule has 0 saturated carbocycles. The number of nitrogen functional groups attached to an aromatic ring is 1. The minimum atomic E-state index is -3.73. The molecule has 0 atom stereocenters. The van der Waals surface area contributed by atoms with Gasteiger partial charge in [0.25, 0.3) is 10.0 Å². The van der Waals surface area contributed by atoms with Gasteiger partial charge in [0.05, 0.1) is 6.61 Å². The first-order valence-corrected chi connectivity index (χ1v) is 8.20. The van der Waals surface area contributed by atoms with Gasteiger partial charge in [0.1, 0.15) is 5.65 Å². The van der Waals surface area contributed by atoms with Crippen LogP contribution in [0.2, 0.25) is 0 Å². The van der Waals surface area contributed by atoms with Gasteiger partial charge < -0.3 is 10.5 Å². The van der Waals surface area contributed by atoms with Crippen molar-refractivity contribution in [1.29, 1.82) is 0 Å². The highest BCUT2D eigenvalue weighted by molar-refractivity contribution is 7.89. The highest BCUT2D eigenvalue weighted by Gasteiger charge is 2.23. The van der Waals surface area contributed by atoms with Gasteiger partial charge in [0, 0.05) is 19.3 Å². The van der Waals surface area contributed by atoms with Crippen LogP contribution in [0, 0.1) is 5.92 Å². The van der Waals surface area contributed by atoms with Crippen LogP contribution >= 0.6 is 0 Å². The number of ether oxygens (including phenoxy) is 1. The van der Waals surface area contributed by atoms with Crippen molar-refractivity contribution in [3.63, 3.8) is 0 Å². The van der Waals surface area contributed by atoms with Gasteiger partial charge >= 0.3 is 0 Å². The number of pyridine rings is 1. The highest BCUT2D eigenvalue weighted by Crippen LogP contribution is 2.19. The molecule has 2 aromatic heterocycles. The van der Waals surface area contributed by atoms with Gasteiger partial charge in [-0.15, -0.1) is 0 Å². The largest absolute Gasteiger partial charge is 0.381 e. The first-order valence-electron chi connectivity index (χ1n) is 6.72. The van der Waals surface area contributed by atoms with Crippen molar-refractivity contribution in [2.24, 2.45) is 5.92 Å². The fourth-order valence-electron chi connectivity index (χ4n) is 1.89. The van der Waals surface area contributed by atoms with E-state index in [1.165, 1.54) is 4.40 Å². The number of nitrogens with one attached hydrogen (secondary N) is 1. The third kappa shape index (κ3) is 3.72. The minimum Gasteiger partial charge on any atom is -0.381 e. The zero-order valence-corrected chi connectivity index (χ0v) is 12.9. The lowest BCUT2D eigenvalue weighted by molar-refractivity contribution is 0.114. The first-order chi connectivity index (χ1) is 9.92. The van der Waals surface area contributed by atoms with Gasteiger partial charge in [-0.3, -0.25) is 4.40 Å². The Morgan fingerprint density at radius 2 is 2.19 bits per heavy atom. The standard InChI is InChI=1S/C13H20N4O3S/c1-10(2)9-20-8-6-15-21(18,19)13-12(14)16-11-5-3-4-7-17(11)13/h3-5,7,10,15H,6,8-9,14H2,1-2H3. The van der Waals surface area contributed by atoms with Crippen LogP contribution in [-0.2, 0) is 14.8 Å². The Hall–Kier alpha value is -1.64. The molecular weight excluding hydrogens is 292 g/mol. The van der Waals surface area contributed by atoms with Crippen molar-refractivity contribution in [2.75, 3.05) is 25.5 Å². The van der Waals surface area contributed by atoms with Crippen molar-refractivity contribution in [1.82, 2.24) is 14.1 Å². The summed E-state index contributed by atoms with van der Waals surface area (Å²) < 4.78 is 33.9. The predicted molar refractivity (Wildman–Crippen MR) is 80.4 cm³/mol. The monoisotopic (exact) mass is 312 g/mol. The Bertz CT molecular complexity index is 709. The zero-order chi connectivity index (χ0) is 15.5. The van der Waals surface area contributed by atoms with E-state index in [0.717, 1.165) is 0 Å². The van der Waals surface area contributed by atoms with E-state index in [1.54, 1.807) is 24.4 Å². The maximum absolute atomic E-state index is 12.3.